The van der Waals surface area contributed by atoms with Gasteiger partial charge in [-0.25, -0.2) is 12.8 Å². The number of sulfonamides is 1. The molecule has 0 bridgehead atoms. The lowest BCUT2D eigenvalue weighted by Crippen LogP contribution is -2.40. The highest BCUT2D eigenvalue weighted by Crippen LogP contribution is 2.18. The average molecular weight is 420 g/mol. The third-order valence-electron chi connectivity index (χ3n) is 4.87. The van der Waals surface area contributed by atoms with Gasteiger partial charge in [0.25, 0.3) is 0 Å². The van der Waals surface area contributed by atoms with Gasteiger partial charge in [0.2, 0.25) is 15.9 Å². The number of likely N-dealkylation sites (tertiary alicyclic amines) is 1. The Morgan fingerprint density at radius 2 is 1.79 bits per heavy atom. The molecule has 1 N–H and O–H groups in total. The zero-order valence-electron chi connectivity index (χ0n) is 16.5. The van der Waals surface area contributed by atoms with Gasteiger partial charge in [0.1, 0.15) is 12.4 Å². The molecular formula is C21H26FN3O3S. The van der Waals surface area contributed by atoms with Gasteiger partial charge in [-0.15, -0.1) is 0 Å². The topological polar surface area (TPSA) is 69.7 Å². The lowest BCUT2D eigenvalue weighted by molar-refractivity contribution is -0.119. The minimum Gasteiger partial charge on any atom is -0.350 e. The van der Waals surface area contributed by atoms with Crippen molar-refractivity contribution in [3.05, 3.63) is 65.5 Å². The number of hydrogen-bond donors (Lipinski definition) is 1. The smallest absolute Gasteiger partial charge is 0.241 e. The number of carbonyl (C=O) groups excluding carboxylic acids is 1. The number of amides is 1. The summed E-state index contributed by atoms with van der Waals surface area (Å²) in [5.74, 6) is -1.02. The van der Waals surface area contributed by atoms with E-state index in [9.17, 15) is 17.6 Å². The average Bonchev–Trinajstić information content (AvgIpc) is 3.17. The van der Waals surface area contributed by atoms with Crippen LogP contribution in [0.15, 0.2) is 48.5 Å². The van der Waals surface area contributed by atoms with E-state index in [-0.39, 0.29) is 5.69 Å². The Balaban J connectivity index is 1.60. The SMILES string of the molecule is CS(=O)(=O)N(CC(=O)NCc1cccc(CN2CCCC2)c1)c1cccc(F)c1. The van der Waals surface area contributed by atoms with Crippen molar-refractivity contribution >= 4 is 21.6 Å². The van der Waals surface area contributed by atoms with Crippen LogP contribution in [0.3, 0.4) is 0 Å². The Labute approximate surface area is 171 Å². The molecule has 0 atom stereocenters. The predicted molar refractivity (Wildman–Crippen MR) is 111 cm³/mol. The van der Waals surface area contributed by atoms with Crippen LogP contribution >= 0.6 is 0 Å². The van der Waals surface area contributed by atoms with Crippen molar-refractivity contribution < 1.29 is 17.6 Å². The van der Waals surface area contributed by atoms with E-state index in [0.29, 0.717) is 6.54 Å². The Bertz CT molecular complexity index is 959. The van der Waals surface area contributed by atoms with Gasteiger partial charge < -0.3 is 5.32 Å². The summed E-state index contributed by atoms with van der Waals surface area (Å²) in [4.78, 5) is 14.8. The number of rotatable bonds is 8. The van der Waals surface area contributed by atoms with Gasteiger partial charge in [0.15, 0.2) is 0 Å². The molecule has 29 heavy (non-hydrogen) atoms. The monoisotopic (exact) mass is 419 g/mol. The summed E-state index contributed by atoms with van der Waals surface area (Å²) in [7, 11) is -3.73. The molecule has 1 fully saturated rings. The lowest BCUT2D eigenvalue weighted by Gasteiger charge is -2.22. The van der Waals surface area contributed by atoms with Crippen molar-refractivity contribution in [2.24, 2.45) is 0 Å². The second kappa shape index (κ2) is 9.37. The fourth-order valence-electron chi connectivity index (χ4n) is 3.46. The number of anilines is 1. The van der Waals surface area contributed by atoms with Crippen molar-refractivity contribution in [1.29, 1.82) is 0 Å². The van der Waals surface area contributed by atoms with E-state index in [4.69, 9.17) is 0 Å². The molecule has 6 nitrogen and oxygen atoms in total. The van der Waals surface area contributed by atoms with Gasteiger partial charge in [0, 0.05) is 13.1 Å². The van der Waals surface area contributed by atoms with Crippen molar-refractivity contribution in [1.82, 2.24) is 10.2 Å². The molecular weight excluding hydrogens is 393 g/mol. The van der Waals surface area contributed by atoms with Crippen LogP contribution in [0.2, 0.25) is 0 Å². The Kier molecular flexibility index (Phi) is 6.87. The van der Waals surface area contributed by atoms with E-state index < -0.39 is 28.3 Å². The van der Waals surface area contributed by atoms with Crippen LogP contribution in [-0.2, 0) is 27.9 Å². The number of carbonyl (C=O) groups is 1. The fourth-order valence-corrected chi connectivity index (χ4v) is 4.30. The molecule has 1 aliphatic rings. The van der Waals surface area contributed by atoms with Gasteiger partial charge in [-0.05, 0) is 55.3 Å². The molecule has 1 amide bonds. The molecule has 8 heteroatoms. The van der Waals surface area contributed by atoms with Crippen LogP contribution in [0.1, 0.15) is 24.0 Å². The van der Waals surface area contributed by atoms with Gasteiger partial charge in [-0.3, -0.25) is 14.0 Å². The number of benzene rings is 2. The molecule has 2 aromatic rings. The summed E-state index contributed by atoms with van der Waals surface area (Å²) in [6.07, 6.45) is 3.46. The summed E-state index contributed by atoms with van der Waals surface area (Å²) in [5.41, 5.74) is 2.26. The van der Waals surface area contributed by atoms with E-state index in [2.05, 4.69) is 22.3 Å². The third kappa shape index (κ3) is 6.27. The van der Waals surface area contributed by atoms with Crippen LogP contribution in [0.5, 0.6) is 0 Å². The van der Waals surface area contributed by atoms with Crippen molar-refractivity contribution in [2.75, 3.05) is 30.2 Å². The van der Waals surface area contributed by atoms with E-state index in [1.54, 1.807) is 0 Å². The highest BCUT2D eigenvalue weighted by Gasteiger charge is 2.21. The summed E-state index contributed by atoms with van der Waals surface area (Å²) >= 11 is 0. The molecule has 0 spiro atoms. The van der Waals surface area contributed by atoms with Gasteiger partial charge in [-0.2, -0.15) is 0 Å². The zero-order chi connectivity index (χ0) is 20.9. The largest absolute Gasteiger partial charge is 0.350 e. The molecule has 1 aliphatic heterocycles. The molecule has 0 aromatic heterocycles. The fraction of sp³-hybridized carbons (Fsp3) is 0.381. The molecule has 156 valence electrons. The minimum absolute atomic E-state index is 0.121. The van der Waals surface area contributed by atoms with Crippen molar-refractivity contribution in [3.63, 3.8) is 0 Å². The number of nitrogens with one attached hydrogen (secondary N) is 1. The second-order valence-electron chi connectivity index (χ2n) is 7.33. The normalized spacial score (nSPS) is 14.7. The van der Waals surface area contributed by atoms with E-state index in [1.807, 2.05) is 12.1 Å². The number of nitrogens with zero attached hydrogens (tertiary/aromatic N) is 2. The van der Waals surface area contributed by atoms with E-state index in [1.165, 1.54) is 36.6 Å². The zero-order valence-corrected chi connectivity index (χ0v) is 17.3. The maximum absolute atomic E-state index is 13.5. The maximum atomic E-state index is 13.5. The van der Waals surface area contributed by atoms with Crippen LogP contribution in [0.25, 0.3) is 0 Å². The summed E-state index contributed by atoms with van der Waals surface area (Å²) in [6.45, 7) is 3.01. The Morgan fingerprint density at radius 1 is 1.10 bits per heavy atom. The second-order valence-corrected chi connectivity index (χ2v) is 9.24. The maximum Gasteiger partial charge on any atom is 0.241 e. The van der Waals surface area contributed by atoms with E-state index in [0.717, 1.165) is 41.8 Å². The summed E-state index contributed by atoms with van der Waals surface area (Å²) in [6, 6.07) is 13.2. The quantitative estimate of drug-likeness (QED) is 0.714. The molecule has 1 saturated heterocycles. The van der Waals surface area contributed by atoms with E-state index >= 15 is 0 Å². The third-order valence-corrected chi connectivity index (χ3v) is 6.01. The molecule has 0 aliphatic carbocycles. The predicted octanol–water partition coefficient (Wildman–Crippen LogP) is 2.50. The molecule has 0 unspecified atom stereocenters. The molecule has 3 rings (SSSR count). The first-order valence-electron chi connectivity index (χ1n) is 9.61. The van der Waals surface area contributed by atoms with Gasteiger partial charge in [0.05, 0.1) is 11.9 Å². The highest BCUT2D eigenvalue weighted by molar-refractivity contribution is 7.92. The Hall–Kier alpha value is -2.45. The highest BCUT2D eigenvalue weighted by atomic mass is 32.2. The summed E-state index contributed by atoms with van der Waals surface area (Å²) < 4.78 is 38.5. The van der Waals surface area contributed by atoms with Gasteiger partial charge >= 0.3 is 0 Å². The van der Waals surface area contributed by atoms with Crippen LogP contribution in [-0.4, -0.2) is 45.1 Å². The lowest BCUT2D eigenvalue weighted by atomic mass is 10.1. The molecule has 0 radical (unpaired) electrons. The molecule has 2 aromatic carbocycles. The number of halogens is 1. The minimum atomic E-state index is -3.73. The van der Waals surface area contributed by atoms with Crippen molar-refractivity contribution in [3.8, 4) is 0 Å². The first-order chi connectivity index (χ1) is 13.8. The molecule has 0 saturated carbocycles. The van der Waals surface area contributed by atoms with Crippen LogP contribution in [0, 0.1) is 5.82 Å². The van der Waals surface area contributed by atoms with Crippen LogP contribution < -0.4 is 9.62 Å². The van der Waals surface area contributed by atoms with Crippen LogP contribution in [0.4, 0.5) is 10.1 Å². The van der Waals surface area contributed by atoms with Gasteiger partial charge in [-0.1, -0.05) is 30.3 Å². The number of hydrogen-bond acceptors (Lipinski definition) is 4. The first-order valence-corrected chi connectivity index (χ1v) is 11.5. The standard InChI is InChI=1S/C21H26FN3O3S/c1-29(27,28)25(20-9-5-8-19(22)13-20)16-21(26)23-14-17-6-4-7-18(12-17)15-24-10-2-3-11-24/h4-9,12-13H,2-3,10-11,14-16H2,1H3,(H,23,26). The first kappa shape index (κ1) is 21.3. The van der Waals surface area contributed by atoms with Crippen molar-refractivity contribution in [2.45, 2.75) is 25.9 Å². The summed E-state index contributed by atoms with van der Waals surface area (Å²) in [5, 5.41) is 2.75. The Morgan fingerprint density at radius 3 is 2.48 bits per heavy atom. The molecule has 1 heterocycles.